The number of aliphatic hydroxyl groups is 1. The normalized spacial score (nSPS) is 28.2. The van der Waals surface area contributed by atoms with E-state index in [9.17, 15) is 5.11 Å². The van der Waals surface area contributed by atoms with Gasteiger partial charge in [-0.2, -0.15) is 0 Å². The van der Waals surface area contributed by atoms with E-state index in [1.165, 1.54) is 0 Å². The average molecular weight is 273 g/mol. The largest absolute Gasteiger partial charge is 0.412 e. The van der Waals surface area contributed by atoms with Gasteiger partial charge in [0.05, 0.1) is 6.10 Å². The molecular weight excluding hydrogens is 242 g/mol. The van der Waals surface area contributed by atoms with Crippen molar-refractivity contribution in [2.75, 3.05) is 19.7 Å². The van der Waals surface area contributed by atoms with Crippen LogP contribution in [-0.4, -0.2) is 39.2 Å². The summed E-state index contributed by atoms with van der Waals surface area (Å²) in [5.74, 6) is 0.826. The molecule has 2 N–H and O–H groups in total. The quantitative estimate of drug-likeness (QED) is 0.774. The molecule has 4 heteroatoms. The fourth-order valence-electron chi connectivity index (χ4n) is 2.32. The van der Waals surface area contributed by atoms with Gasteiger partial charge in [0, 0.05) is 13.2 Å². The van der Waals surface area contributed by atoms with E-state index in [-0.39, 0.29) is 17.7 Å². The van der Waals surface area contributed by atoms with Crippen molar-refractivity contribution in [1.29, 1.82) is 0 Å². The molecule has 18 heavy (non-hydrogen) atoms. The van der Waals surface area contributed by atoms with Crippen LogP contribution in [0.15, 0.2) is 0 Å². The van der Waals surface area contributed by atoms with Crippen LogP contribution in [0, 0.1) is 11.8 Å². The Kier molecular flexibility index (Phi) is 5.41. The Balaban J connectivity index is 2.73. The summed E-state index contributed by atoms with van der Waals surface area (Å²) in [4.78, 5) is 0. The van der Waals surface area contributed by atoms with Gasteiger partial charge in [0.25, 0.3) is 0 Å². The smallest absolute Gasteiger partial charge is 0.192 e. The lowest BCUT2D eigenvalue weighted by atomic mass is 9.84. The van der Waals surface area contributed by atoms with Gasteiger partial charge in [-0.1, -0.05) is 27.7 Å². The van der Waals surface area contributed by atoms with Gasteiger partial charge in [-0.15, -0.1) is 0 Å². The predicted molar refractivity (Wildman–Crippen MR) is 79.3 cm³/mol. The standard InChI is InChI=1S/C14H31NO2Si/c1-11(10-16)12-7-8-15-9-13(12)17-18(5,6)14(2,3)4/h11-13,15-16H,7-10H2,1-6H3/t11?,12-,13+/m1/s1. The molecular formula is C14H31NO2Si. The molecule has 1 heterocycles. The number of rotatable bonds is 4. The highest BCUT2D eigenvalue weighted by atomic mass is 28.4. The molecule has 0 aromatic carbocycles. The molecule has 0 saturated carbocycles. The van der Waals surface area contributed by atoms with Crippen molar-refractivity contribution in [2.45, 2.75) is 58.4 Å². The highest BCUT2D eigenvalue weighted by Crippen LogP contribution is 2.39. The van der Waals surface area contributed by atoms with Gasteiger partial charge in [0.2, 0.25) is 0 Å². The Hall–Kier alpha value is 0.0969. The molecule has 1 rings (SSSR count). The lowest BCUT2D eigenvalue weighted by Crippen LogP contribution is -2.52. The number of piperidine rings is 1. The van der Waals surface area contributed by atoms with E-state index in [4.69, 9.17) is 4.43 Å². The fraction of sp³-hybridized carbons (Fsp3) is 1.00. The van der Waals surface area contributed by atoms with Gasteiger partial charge in [0.1, 0.15) is 0 Å². The van der Waals surface area contributed by atoms with E-state index >= 15 is 0 Å². The third-order valence-electron chi connectivity index (χ3n) is 4.75. The van der Waals surface area contributed by atoms with E-state index < -0.39 is 8.32 Å². The van der Waals surface area contributed by atoms with Gasteiger partial charge >= 0.3 is 0 Å². The SMILES string of the molecule is CC(CO)[C@H]1CCNC[C@@H]1O[Si](C)(C)C(C)(C)C. The molecule has 108 valence electrons. The van der Waals surface area contributed by atoms with Crippen molar-refractivity contribution in [3.8, 4) is 0 Å². The molecule has 0 spiro atoms. The van der Waals surface area contributed by atoms with E-state index in [0.29, 0.717) is 11.8 Å². The first-order valence-electron chi connectivity index (χ1n) is 7.18. The lowest BCUT2D eigenvalue weighted by Gasteiger charge is -2.44. The summed E-state index contributed by atoms with van der Waals surface area (Å²) in [7, 11) is -1.71. The highest BCUT2D eigenvalue weighted by molar-refractivity contribution is 6.74. The van der Waals surface area contributed by atoms with Crippen LogP contribution >= 0.6 is 0 Å². The van der Waals surface area contributed by atoms with Crippen LogP contribution in [0.25, 0.3) is 0 Å². The van der Waals surface area contributed by atoms with Crippen molar-refractivity contribution >= 4 is 8.32 Å². The first kappa shape index (κ1) is 16.2. The first-order chi connectivity index (χ1) is 8.19. The number of hydrogen-bond donors (Lipinski definition) is 2. The van der Waals surface area contributed by atoms with Crippen LogP contribution in [0.3, 0.4) is 0 Å². The molecule has 0 aliphatic carbocycles. The summed E-state index contributed by atoms with van der Waals surface area (Å²) >= 11 is 0. The van der Waals surface area contributed by atoms with Crippen LogP contribution in [0.1, 0.15) is 34.1 Å². The summed E-state index contributed by atoms with van der Waals surface area (Å²) in [5.41, 5.74) is 0. The van der Waals surface area contributed by atoms with E-state index in [2.05, 4.69) is 46.1 Å². The van der Waals surface area contributed by atoms with Crippen molar-refractivity contribution in [2.24, 2.45) is 11.8 Å². The third kappa shape index (κ3) is 3.79. The molecule has 1 aliphatic rings. The van der Waals surface area contributed by atoms with Crippen molar-refractivity contribution in [1.82, 2.24) is 5.32 Å². The van der Waals surface area contributed by atoms with E-state index in [0.717, 1.165) is 19.5 Å². The van der Waals surface area contributed by atoms with Crippen LogP contribution in [-0.2, 0) is 4.43 Å². The van der Waals surface area contributed by atoms with Crippen molar-refractivity contribution in [3.05, 3.63) is 0 Å². The second kappa shape index (κ2) is 6.03. The Morgan fingerprint density at radius 3 is 2.50 bits per heavy atom. The van der Waals surface area contributed by atoms with Gasteiger partial charge in [-0.25, -0.2) is 0 Å². The third-order valence-corrected chi connectivity index (χ3v) is 9.25. The predicted octanol–water partition coefficient (Wildman–Crippen LogP) is 2.61. The van der Waals surface area contributed by atoms with E-state index in [1.807, 2.05) is 0 Å². The maximum absolute atomic E-state index is 9.40. The van der Waals surface area contributed by atoms with Crippen LogP contribution in [0.5, 0.6) is 0 Å². The monoisotopic (exact) mass is 273 g/mol. The maximum Gasteiger partial charge on any atom is 0.192 e. The zero-order valence-corrected chi connectivity index (χ0v) is 13.9. The maximum atomic E-state index is 9.40. The highest BCUT2D eigenvalue weighted by Gasteiger charge is 2.42. The zero-order chi connectivity index (χ0) is 14.0. The minimum atomic E-state index is -1.71. The molecule has 0 amide bonds. The summed E-state index contributed by atoms with van der Waals surface area (Å²) in [6.07, 6.45) is 1.38. The molecule has 1 unspecified atom stereocenters. The molecule has 3 nitrogen and oxygen atoms in total. The second-order valence-electron chi connectivity index (χ2n) is 7.23. The minimum absolute atomic E-state index is 0.247. The zero-order valence-electron chi connectivity index (χ0n) is 12.9. The van der Waals surface area contributed by atoms with Crippen molar-refractivity contribution in [3.63, 3.8) is 0 Å². The lowest BCUT2D eigenvalue weighted by molar-refractivity contribution is 0.0415. The molecule has 1 aliphatic heterocycles. The average Bonchev–Trinajstić information content (AvgIpc) is 2.26. The number of nitrogens with one attached hydrogen (secondary N) is 1. The Labute approximate surface area is 113 Å². The van der Waals surface area contributed by atoms with E-state index in [1.54, 1.807) is 0 Å². The Morgan fingerprint density at radius 1 is 1.39 bits per heavy atom. The molecule has 1 fully saturated rings. The van der Waals surface area contributed by atoms with Gasteiger partial charge < -0.3 is 14.8 Å². The minimum Gasteiger partial charge on any atom is -0.412 e. The number of hydrogen-bond acceptors (Lipinski definition) is 3. The molecule has 3 atom stereocenters. The van der Waals surface area contributed by atoms with Gasteiger partial charge in [-0.05, 0) is 42.9 Å². The molecule has 0 radical (unpaired) electrons. The fourth-order valence-corrected chi connectivity index (χ4v) is 3.69. The van der Waals surface area contributed by atoms with Crippen LogP contribution in [0.4, 0.5) is 0 Å². The van der Waals surface area contributed by atoms with Crippen molar-refractivity contribution < 1.29 is 9.53 Å². The number of aliphatic hydroxyl groups excluding tert-OH is 1. The summed E-state index contributed by atoms with van der Waals surface area (Å²) in [6, 6.07) is 0. The first-order valence-corrected chi connectivity index (χ1v) is 10.1. The summed E-state index contributed by atoms with van der Waals surface area (Å²) in [6.45, 7) is 15.8. The molecule has 0 aromatic rings. The van der Waals surface area contributed by atoms with Crippen LogP contribution in [0.2, 0.25) is 18.1 Å². The van der Waals surface area contributed by atoms with Gasteiger partial charge in [-0.3, -0.25) is 0 Å². The summed E-state index contributed by atoms with van der Waals surface area (Å²) in [5, 5.41) is 13.1. The second-order valence-corrected chi connectivity index (χ2v) is 12.0. The van der Waals surface area contributed by atoms with Gasteiger partial charge in [0.15, 0.2) is 8.32 Å². The molecule has 0 aromatic heterocycles. The Morgan fingerprint density at radius 2 is 2.00 bits per heavy atom. The molecule has 1 saturated heterocycles. The van der Waals surface area contributed by atoms with Crippen LogP contribution < -0.4 is 5.32 Å². The topological polar surface area (TPSA) is 41.5 Å². The Bertz CT molecular complexity index is 263. The molecule has 0 bridgehead atoms. The summed E-state index contributed by atoms with van der Waals surface area (Å²) < 4.78 is 6.54.